The van der Waals surface area contributed by atoms with E-state index in [4.69, 9.17) is 4.74 Å². The number of nitrogens with zero attached hydrogens (tertiary/aromatic N) is 2. The van der Waals surface area contributed by atoms with Gasteiger partial charge in [-0.15, -0.1) is 6.58 Å². The zero-order chi connectivity index (χ0) is 20.5. The van der Waals surface area contributed by atoms with E-state index < -0.39 is 23.8 Å². The molecule has 6 nitrogen and oxygen atoms in total. The molecular weight excluding hydrogens is 375 g/mol. The van der Waals surface area contributed by atoms with Gasteiger partial charge in [-0.1, -0.05) is 18.2 Å². The van der Waals surface area contributed by atoms with Crippen LogP contribution in [0.3, 0.4) is 0 Å². The van der Waals surface area contributed by atoms with E-state index in [2.05, 4.69) is 11.9 Å². The van der Waals surface area contributed by atoms with E-state index in [1.54, 1.807) is 11.0 Å². The van der Waals surface area contributed by atoms with Crippen molar-refractivity contribution in [3.05, 3.63) is 59.3 Å². The number of methoxy groups -OCH3 is 1. The van der Waals surface area contributed by atoms with Gasteiger partial charge in [0.25, 0.3) is 5.91 Å². The van der Waals surface area contributed by atoms with Gasteiger partial charge >= 0.3 is 12.2 Å². The number of ether oxygens (including phenoxy) is 1. The fourth-order valence-electron chi connectivity index (χ4n) is 3.37. The smallest absolute Gasteiger partial charge is 0.383 e. The molecule has 1 aromatic rings. The quantitative estimate of drug-likeness (QED) is 0.754. The summed E-state index contributed by atoms with van der Waals surface area (Å²) < 4.78 is 43.5. The lowest BCUT2D eigenvalue weighted by molar-refractivity contribution is -0.137. The lowest BCUT2D eigenvalue weighted by atomic mass is 9.94. The van der Waals surface area contributed by atoms with Crippen LogP contribution in [0.4, 0.5) is 18.0 Å². The largest absolute Gasteiger partial charge is 0.416 e. The Morgan fingerprint density at radius 1 is 1.29 bits per heavy atom. The number of carbonyl (C=O) groups excluding carboxylic acids is 2. The average molecular weight is 395 g/mol. The molecule has 2 aliphatic heterocycles. The molecule has 0 fully saturated rings. The molecule has 0 unspecified atom stereocenters. The first-order valence-corrected chi connectivity index (χ1v) is 8.65. The van der Waals surface area contributed by atoms with E-state index in [0.717, 1.165) is 12.1 Å². The van der Waals surface area contributed by atoms with E-state index in [0.29, 0.717) is 30.0 Å². The van der Waals surface area contributed by atoms with Gasteiger partial charge in [-0.25, -0.2) is 4.79 Å². The molecule has 2 aliphatic rings. The van der Waals surface area contributed by atoms with Crippen LogP contribution in [0.1, 0.15) is 17.2 Å². The van der Waals surface area contributed by atoms with E-state index in [9.17, 15) is 22.8 Å². The Balaban J connectivity index is 1.98. The fourth-order valence-corrected chi connectivity index (χ4v) is 3.37. The molecule has 9 heteroatoms. The van der Waals surface area contributed by atoms with Crippen LogP contribution < -0.4 is 5.32 Å². The summed E-state index contributed by atoms with van der Waals surface area (Å²) in [5.74, 6) is -0.272. The Kier molecular flexibility index (Phi) is 5.46. The highest BCUT2D eigenvalue weighted by Crippen LogP contribution is 2.37. The van der Waals surface area contributed by atoms with Crippen molar-refractivity contribution in [1.29, 1.82) is 0 Å². The van der Waals surface area contributed by atoms with Crippen molar-refractivity contribution in [3.63, 3.8) is 0 Å². The van der Waals surface area contributed by atoms with Gasteiger partial charge in [-0.2, -0.15) is 13.2 Å². The highest BCUT2D eigenvalue weighted by Gasteiger charge is 2.43. The number of hydrogen-bond donors (Lipinski definition) is 1. The van der Waals surface area contributed by atoms with Gasteiger partial charge < -0.3 is 15.0 Å². The molecule has 0 bridgehead atoms. The Morgan fingerprint density at radius 3 is 2.54 bits per heavy atom. The van der Waals surface area contributed by atoms with E-state index >= 15 is 0 Å². The number of urea groups is 1. The molecule has 0 saturated heterocycles. The number of hydrogen-bond acceptors (Lipinski definition) is 3. The second kappa shape index (κ2) is 7.67. The predicted octanol–water partition coefficient (Wildman–Crippen LogP) is 2.70. The molecule has 1 N–H and O–H groups in total. The van der Waals surface area contributed by atoms with Crippen LogP contribution in [0, 0.1) is 0 Å². The molecule has 150 valence electrons. The lowest BCUT2D eigenvalue weighted by Gasteiger charge is -2.33. The Morgan fingerprint density at radius 2 is 1.96 bits per heavy atom. The number of carbonyl (C=O) groups is 2. The highest BCUT2D eigenvalue weighted by atomic mass is 19.4. The van der Waals surface area contributed by atoms with Gasteiger partial charge in [-0.3, -0.25) is 9.69 Å². The monoisotopic (exact) mass is 395 g/mol. The number of nitrogens with one attached hydrogen (secondary N) is 1. The minimum Gasteiger partial charge on any atom is -0.383 e. The molecule has 1 aromatic carbocycles. The first kappa shape index (κ1) is 19.9. The molecule has 2 heterocycles. The van der Waals surface area contributed by atoms with Gasteiger partial charge in [0.2, 0.25) is 0 Å². The van der Waals surface area contributed by atoms with E-state index in [1.807, 2.05) is 0 Å². The topological polar surface area (TPSA) is 61.9 Å². The summed E-state index contributed by atoms with van der Waals surface area (Å²) in [7, 11) is 1.52. The fraction of sp³-hybridized carbons (Fsp3) is 0.368. The van der Waals surface area contributed by atoms with Crippen LogP contribution in [0.2, 0.25) is 0 Å². The van der Waals surface area contributed by atoms with Gasteiger partial charge in [-0.05, 0) is 17.7 Å². The number of benzene rings is 1. The summed E-state index contributed by atoms with van der Waals surface area (Å²) in [4.78, 5) is 28.5. The predicted molar refractivity (Wildman–Crippen MR) is 95.1 cm³/mol. The normalized spacial score (nSPS) is 19.8. The zero-order valence-corrected chi connectivity index (χ0v) is 15.3. The Labute approximate surface area is 160 Å². The van der Waals surface area contributed by atoms with Crippen molar-refractivity contribution in [2.75, 3.05) is 33.4 Å². The van der Waals surface area contributed by atoms with Crippen LogP contribution in [-0.2, 0) is 15.7 Å². The van der Waals surface area contributed by atoms with Crippen LogP contribution in [0.15, 0.2) is 48.2 Å². The van der Waals surface area contributed by atoms with Crippen LogP contribution in [-0.4, -0.2) is 55.1 Å². The third-order valence-corrected chi connectivity index (χ3v) is 4.74. The highest BCUT2D eigenvalue weighted by molar-refractivity contribution is 6.01. The molecule has 0 aliphatic carbocycles. The summed E-state index contributed by atoms with van der Waals surface area (Å²) in [6.07, 6.45) is -2.91. The minimum atomic E-state index is -4.46. The summed E-state index contributed by atoms with van der Waals surface area (Å²) >= 11 is 0. The van der Waals surface area contributed by atoms with Gasteiger partial charge in [0.05, 0.1) is 36.0 Å². The van der Waals surface area contributed by atoms with Crippen molar-refractivity contribution in [3.8, 4) is 0 Å². The van der Waals surface area contributed by atoms with Gasteiger partial charge in [0.15, 0.2) is 0 Å². The SMILES string of the molecule is C=CCN1C(=O)N[C@@H](c2ccc(C(F)(F)F)cc2)C2=C1CN(CCOC)C2=O. The van der Waals surface area contributed by atoms with Crippen molar-refractivity contribution >= 4 is 11.9 Å². The molecule has 3 rings (SSSR count). The summed E-state index contributed by atoms with van der Waals surface area (Å²) in [5.41, 5.74) is 0.515. The van der Waals surface area contributed by atoms with Crippen LogP contribution in [0.5, 0.6) is 0 Å². The second-order valence-electron chi connectivity index (χ2n) is 6.48. The van der Waals surface area contributed by atoms with Crippen molar-refractivity contribution in [1.82, 2.24) is 15.1 Å². The molecule has 3 amide bonds. The Bertz CT molecular complexity index is 818. The second-order valence-corrected chi connectivity index (χ2v) is 6.48. The van der Waals surface area contributed by atoms with Gasteiger partial charge in [0.1, 0.15) is 0 Å². The molecule has 0 saturated carbocycles. The molecule has 0 radical (unpaired) electrons. The minimum absolute atomic E-state index is 0.218. The standard InChI is InChI=1S/C19H20F3N3O3/c1-3-8-25-14-11-24(9-10-28-2)17(26)15(14)16(23-18(25)27)12-4-6-13(7-5-12)19(20,21)22/h3-7,16H,1,8-11H2,2H3,(H,23,27)/t16-/m0/s1. The van der Waals surface area contributed by atoms with Crippen molar-refractivity contribution in [2.45, 2.75) is 12.2 Å². The summed E-state index contributed by atoms with van der Waals surface area (Å²) in [6, 6.07) is 3.22. The van der Waals surface area contributed by atoms with Gasteiger partial charge in [0, 0.05) is 20.2 Å². The summed E-state index contributed by atoms with van der Waals surface area (Å²) in [5, 5.41) is 2.73. The molecule has 0 spiro atoms. The van der Waals surface area contributed by atoms with Crippen molar-refractivity contribution < 1.29 is 27.5 Å². The first-order valence-electron chi connectivity index (χ1n) is 8.65. The van der Waals surface area contributed by atoms with E-state index in [-0.39, 0.29) is 19.0 Å². The number of halogens is 3. The molecular formula is C19H20F3N3O3. The summed E-state index contributed by atoms with van der Waals surface area (Å²) in [6.45, 7) is 4.76. The number of alkyl halides is 3. The molecule has 1 atom stereocenters. The first-order chi connectivity index (χ1) is 13.3. The third kappa shape index (κ3) is 3.62. The number of rotatable bonds is 6. The van der Waals surface area contributed by atoms with Crippen LogP contribution >= 0.6 is 0 Å². The zero-order valence-electron chi connectivity index (χ0n) is 15.3. The maximum atomic E-state index is 12.9. The average Bonchev–Trinajstić information content (AvgIpc) is 2.98. The van der Waals surface area contributed by atoms with E-state index in [1.165, 1.54) is 24.1 Å². The maximum absolute atomic E-state index is 12.9. The maximum Gasteiger partial charge on any atom is 0.416 e. The molecule has 0 aromatic heterocycles. The Hall–Kier alpha value is -2.81. The number of amides is 3. The van der Waals surface area contributed by atoms with Crippen LogP contribution in [0.25, 0.3) is 0 Å². The molecule has 28 heavy (non-hydrogen) atoms. The lowest BCUT2D eigenvalue weighted by Crippen LogP contribution is -2.47. The van der Waals surface area contributed by atoms with Crippen molar-refractivity contribution in [2.24, 2.45) is 0 Å². The third-order valence-electron chi connectivity index (χ3n) is 4.74.